The van der Waals surface area contributed by atoms with E-state index >= 15 is 0 Å². The summed E-state index contributed by atoms with van der Waals surface area (Å²) in [5.41, 5.74) is 1.38. The average molecular weight is 246 g/mol. The molecule has 1 heterocycles. The maximum atomic E-state index is 11.9. The fourth-order valence-electron chi connectivity index (χ4n) is 2.21. The van der Waals surface area contributed by atoms with Crippen LogP contribution in [0, 0.1) is 5.92 Å². The summed E-state index contributed by atoms with van der Waals surface area (Å²) in [6, 6.07) is 10.5. The number of rotatable bonds is 6. The molecule has 0 aromatic heterocycles. The smallest absolute Gasteiger partial charge is 0.227 e. The summed E-state index contributed by atoms with van der Waals surface area (Å²) in [5.74, 6) is 0.526. The molecule has 2 rings (SSSR count). The molecule has 1 N–H and O–H groups in total. The van der Waals surface area contributed by atoms with E-state index in [1.165, 1.54) is 5.56 Å². The minimum absolute atomic E-state index is 0.226. The van der Waals surface area contributed by atoms with Gasteiger partial charge in [0, 0.05) is 26.7 Å². The van der Waals surface area contributed by atoms with Crippen LogP contribution in [0.4, 0.5) is 0 Å². The van der Waals surface area contributed by atoms with Crippen LogP contribution in [0.2, 0.25) is 0 Å². The highest BCUT2D eigenvalue weighted by atomic mass is 16.2. The van der Waals surface area contributed by atoms with Gasteiger partial charge in [0.25, 0.3) is 0 Å². The quantitative estimate of drug-likeness (QED) is 0.775. The number of hydrogen-bond donors (Lipinski definition) is 1. The fourth-order valence-corrected chi connectivity index (χ4v) is 2.21. The summed E-state index contributed by atoms with van der Waals surface area (Å²) in [6.45, 7) is 2.59. The van der Waals surface area contributed by atoms with Crippen LogP contribution in [0.5, 0.6) is 0 Å². The van der Waals surface area contributed by atoms with E-state index in [0.29, 0.717) is 5.91 Å². The molecule has 1 aromatic rings. The molecule has 0 spiro atoms. The zero-order valence-corrected chi connectivity index (χ0v) is 11.1. The molecule has 0 atom stereocenters. The monoisotopic (exact) mass is 246 g/mol. The van der Waals surface area contributed by atoms with Gasteiger partial charge >= 0.3 is 0 Å². The molecule has 3 heteroatoms. The molecule has 0 radical (unpaired) electrons. The van der Waals surface area contributed by atoms with E-state index in [-0.39, 0.29) is 5.92 Å². The van der Waals surface area contributed by atoms with Crippen molar-refractivity contribution >= 4 is 5.91 Å². The fraction of sp³-hybridized carbons (Fsp3) is 0.533. The average Bonchev–Trinajstić information content (AvgIpc) is 2.33. The number of amides is 1. The van der Waals surface area contributed by atoms with E-state index in [4.69, 9.17) is 0 Å². The van der Waals surface area contributed by atoms with Crippen molar-refractivity contribution in [1.29, 1.82) is 0 Å². The maximum absolute atomic E-state index is 11.9. The molecule has 1 amide bonds. The number of carbonyl (C=O) groups excluding carboxylic acids is 1. The highest BCUT2D eigenvalue weighted by Gasteiger charge is 2.26. The SMILES string of the molecule is CN(CCCCc1ccccc1)C(=O)C1CNC1. The number of nitrogens with one attached hydrogen (secondary N) is 1. The van der Waals surface area contributed by atoms with Crippen LogP contribution in [0.1, 0.15) is 18.4 Å². The van der Waals surface area contributed by atoms with E-state index in [9.17, 15) is 4.79 Å². The summed E-state index contributed by atoms with van der Waals surface area (Å²) in [7, 11) is 1.92. The minimum atomic E-state index is 0.226. The lowest BCUT2D eigenvalue weighted by Gasteiger charge is -2.30. The first-order valence-electron chi connectivity index (χ1n) is 6.77. The van der Waals surface area contributed by atoms with Crippen LogP contribution >= 0.6 is 0 Å². The highest BCUT2D eigenvalue weighted by molar-refractivity contribution is 5.79. The summed E-state index contributed by atoms with van der Waals surface area (Å²) in [6.07, 6.45) is 3.33. The molecule has 0 bridgehead atoms. The maximum Gasteiger partial charge on any atom is 0.227 e. The molecule has 1 aliphatic heterocycles. The number of unbranched alkanes of at least 4 members (excludes halogenated alkanes) is 1. The Balaban J connectivity index is 1.61. The second-order valence-electron chi connectivity index (χ2n) is 5.06. The first-order valence-corrected chi connectivity index (χ1v) is 6.77. The molecule has 18 heavy (non-hydrogen) atoms. The molecule has 3 nitrogen and oxygen atoms in total. The molecule has 1 saturated heterocycles. The summed E-state index contributed by atoms with van der Waals surface area (Å²) >= 11 is 0. The van der Waals surface area contributed by atoms with Crippen LogP contribution in [0.15, 0.2) is 30.3 Å². The molecule has 0 saturated carbocycles. The van der Waals surface area contributed by atoms with Gasteiger partial charge in [0.1, 0.15) is 0 Å². The van der Waals surface area contributed by atoms with Crippen molar-refractivity contribution in [2.45, 2.75) is 19.3 Å². The van der Waals surface area contributed by atoms with Gasteiger partial charge in [-0.1, -0.05) is 30.3 Å². The summed E-state index contributed by atoms with van der Waals surface area (Å²) in [4.78, 5) is 13.8. The van der Waals surface area contributed by atoms with Crippen LogP contribution in [0.25, 0.3) is 0 Å². The van der Waals surface area contributed by atoms with E-state index in [1.54, 1.807) is 0 Å². The van der Waals surface area contributed by atoms with Crippen molar-refractivity contribution in [3.63, 3.8) is 0 Å². The Morgan fingerprint density at radius 2 is 2.00 bits per heavy atom. The second-order valence-corrected chi connectivity index (χ2v) is 5.06. The van der Waals surface area contributed by atoms with Crippen molar-refractivity contribution in [1.82, 2.24) is 10.2 Å². The molecule has 1 aromatic carbocycles. The third-order valence-corrected chi connectivity index (χ3v) is 3.56. The zero-order valence-electron chi connectivity index (χ0n) is 11.1. The van der Waals surface area contributed by atoms with Gasteiger partial charge in [-0.3, -0.25) is 4.79 Å². The first kappa shape index (κ1) is 13.1. The predicted octanol–water partition coefficient (Wildman–Crippen LogP) is 1.69. The van der Waals surface area contributed by atoms with E-state index in [2.05, 4.69) is 29.6 Å². The van der Waals surface area contributed by atoms with Crippen LogP contribution in [-0.2, 0) is 11.2 Å². The number of aryl methyl sites for hydroxylation is 1. The lowest BCUT2D eigenvalue weighted by atomic mass is 10.0. The van der Waals surface area contributed by atoms with Gasteiger partial charge in [-0.2, -0.15) is 0 Å². The van der Waals surface area contributed by atoms with Crippen molar-refractivity contribution in [3.8, 4) is 0 Å². The van der Waals surface area contributed by atoms with Crippen molar-refractivity contribution in [2.75, 3.05) is 26.7 Å². The lowest BCUT2D eigenvalue weighted by molar-refractivity contribution is -0.135. The van der Waals surface area contributed by atoms with E-state index in [0.717, 1.165) is 38.9 Å². The third-order valence-electron chi connectivity index (χ3n) is 3.56. The van der Waals surface area contributed by atoms with Crippen LogP contribution in [-0.4, -0.2) is 37.5 Å². The Kier molecular flexibility index (Phi) is 4.76. The number of carbonyl (C=O) groups is 1. The number of benzene rings is 1. The Labute approximate surface area is 109 Å². The summed E-state index contributed by atoms with van der Waals surface area (Å²) < 4.78 is 0. The van der Waals surface area contributed by atoms with Gasteiger partial charge in [0.2, 0.25) is 5.91 Å². The topological polar surface area (TPSA) is 32.3 Å². The largest absolute Gasteiger partial charge is 0.345 e. The van der Waals surface area contributed by atoms with Gasteiger partial charge in [-0.05, 0) is 24.8 Å². The highest BCUT2D eigenvalue weighted by Crippen LogP contribution is 2.09. The van der Waals surface area contributed by atoms with Gasteiger partial charge in [0.05, 0.1) is 5.92 Å². The van der Waals surface area contributed by atoms with Crippen molar-refractivity contribution < 1.29 is 4.79 Å². The Morgan fingerprint density at radius 1 is 1.28 bits per heavy atom. The second kappa shape index (κ2) is 6.55. The van der Waals surface area contributed by atoms with E-state index < -0.39 is 0 Å². The molecule has 0 unspecified atom stereocenters. The van der Waals surface area contributed by atoms with Crippen molar-refractivity contribution in [2.24, 2.45) is 5.92 Å². The number of nitrogens with zero attached hydrogens (tertiary/aromatic N) is 1. The molecular weight excluding hydrogens is 224 g/mol. The molecule has 0 aliphatic carbocycles. The minimum Gasteiger partial charge on any atom is -0.345 e. The predicted molar refractivity (Wildman–Crippen MR) is 73.4 cm³/mol. The Bertz CT molecular complexity index is 373. The van der Waals surface area contributed by atoms with Gasteiger partial charge in [0.15, 0.2) is 0 Å². The van der Waals surface area contributed by atoms with Crippen molar-refractivity contribution in [3.05, 3.63) is 35.9 Å². The Hall–Kier alpha value is -1.35. The van der Waals surface area contributed by atoms with Gasteiger partial charge in [-0.25, -0.2) is 0 Å². The van der Waals surface area contributed by atoms with Crippen LogP contribution in [0.3, 0.4) is 0 Å². The zero-order chi connectivity index (χ0) is 12.8. The Morgan fingerprint density at radius 3 is 2.61 bits per heavy atom. The molecule has 1 aliphatic rings. The molecular formula is C15H22N2O. The van der Waals surface area contributed by atoms with Gasteiger partial charge < -0.3 is 10.2 Å². The first-order chi connectivity index (χ1) is 8.77. The molecule has 98 valence electrons. The normalized spacial score (nSPS) is 15.2. The number of hydrogen-bond acceptors (Lipinski definition) is 2. The lowest BCUT2D eigenvalue weighted by Crippen LogP contribution is -2.51. The molecule has 1 fully saturated rings. The van der Waals surface area contributed by atoms with Crippen LogP contribution < -0.4 is 5.32 Å². The summed E-state index contributed by atoms with van der Waals surface area (Å²) in [5, 5.41) is 3.14. The standard InChI is InChI=1S/C15H22N2O/c1-17(15(18)14-11-16-12-14)10-6-5-9-13-7-3-2-4-8-13/h2-4,7-8,14,16H,5-6,9-12H2,1H3. The van der Waals surface area contributed by atoms with Gasteiger partial charge in [-0.15, -0.1) is 0 Å². The third kappa shape index (κ3) is 3.57. The van der Waals surface area contributed by atoms with E-state index in [1.807, 2.05) is 18.0 Å².